The van der Waals surface area contributed by atoms with Crippen LogP contribution in [0.4, 0.5) is 21.7 Å². The van der Waals surface area contributed by atoms with Crippen LogP contribution in [0.25, 0.3) is 5.69 Å². The van der Waals surface area contributed by atoms with Gasteiger partial charge in [-0.1, -0.05) is 24.1 Å². The maximum atomic E-state index is 14.6. The molecule has 1 aliphatic rings. The lowest BCUT2D eigenvalue weighted by atomic mass is 9.91. The highest BCUT2D eigenvalue weighted by molar-refractivity contribution is 5.98. The highest BCUT2D eigenvalue weighted by Crippen LogP contribution is 2.27. The fraction of sp³-hybridized carbons (Fsp3) is 0.300. The summed E-state index contributed by atoms with van der Waals surface area (Å²) < 4.78 is 16.2. The van der Waals surface area contributed by atoms with E-state index in [1.54, 1.807) is 29.2 Å². The molecule has 0 spiro atoms. The van der Waals surface area contributed by atoms with Crippen molar-refractivity contribution in [1.29, 1.82) is 0 Å². The van der Waals surface area contributed by atoms with Crippen molar-refractivity contribution in [3.63, 3.8) is 0 Å². The molecule has 156 valence electrons. The topological polar surface area (TPSA) is 137 Å². The molecule has 10 heteroatoms. The predicted molar refractivity (Wildman–Crippen MR) is 111 cm³/mol. The zero-order chi connectivity index (χ0) is 21.1. The van der Waals surface area contributed by atoms with Gasteiger partial charge in [-0.05, 0) is 37.1 Å². The Morgan fingerprint density at radius 2 is 2.03 bits per heavy atom. The van der Waals surface area contributed by atoms with E-state index in [4.69, 9.17) is 11.5 Å². The number of nitrogens with zero attached hydrogens (tertiary/aromatic N) is 4. The van der Waals surface area contributed by atoms with Crippen molar-refractivity contribution in [2.75, 3.05) is 10.6 Å². The number of nitrogens with one attached hydrogen (secondary N) is 2. The molecule has 2 aromatic heterocycles. The van der Waals surface area contributed by atoms with Gasteiger partial charge in [-0.25, -0.2) is 14.1 Å². The minimum absolute atomic E-state index is 0.0391. The smallest absolute Gasteiger partial charge is 0.252 e. The number of carbonyl (C=O) groups excluding carboxylic acids is 1. The minimum Gasteiger partial charge on any atom is -0.365 e. The number of benzene rings is 1. The lowest BCUT2D eigenvalue weighted by molar-refractivity contribution is 0.100. The van der Waals surface area contributed by atoms with Gasteiger partial charge < -0.3 is 22.1 Å². The quantitative estimate of drug-likeness (QED) is 0.489. The second kappa shape index (κ2) is 8.46. The Balaban J connectivity index is 1.64. The Bertz CT molecular complexity index is 1040. The lowest BCUT2D eigenvalue weighted by Crippen LogP contribution is -2.43. The number of aromatic nitrogens is 4. The molecule has 1 fully saturated rings. The third-order valence-electron chi connectivity index (χ3n) is 5.18. The lowest BCUT2D eigenvalue weighted by Gasteiger charge is -2.30. The first-order valence-corrected chi connectivity index (χ1v) is 9.77. The molecular formula is C20H23FN8O. The van der Waals surface area contributed by atoms with Gasteiger partial charge in [0.2, 0.25) is 0 Å². The summed E-state index contributed by atoms with van der Waals surface area (Å²) in [6.45, 7) is 0. The van der Waals surface area contributed by atoms with E-state index in [1.807, 2.05) is 12.1 Å². The van der Waals surface area contributed by atoms with Crippen LogP contribution in [0, 0.1) is 5.82 Å². The zero-order valence-electron chi connectivity index (χ0n) is 16.3. The molecule has 2 atom stereocenters. The van der Waals surface area contributed by atoms with E-state index in [-0.39, 0.29) is 29.3 Å². The third-order valence-corrected chi connectivity index (χ3v) is 5.18. The number of halogens is 1. The first-order chi connectivity index (χ1) is 14.5. The van der Waals surface area contributed by atoms with Crippen molar-refractivity contribution in [3.8, 4) is 5.69 Å². The van der Waals surface area contributed by atoms with Crippen LogP contribution < -0.4 is 22.1 Å². The molecule has 2 heterocycles. The van der Waals surface area contributed by atoms with Gasteiger partial charge in [0, 0.05) is 17.8 Å². The maximum Gasteiger partial charge on any atom is 0.252 e. The van der Waals surface area contributed by atoms with Crippen molar-refractivity contribution in [2.45, 2.75) is 37.8 Å². The fourth-order valence-electron chi connectivity index (χ4n) is 3.60. The van der Waals surface area contributed by atoms with Gasteiger partial charge in [-0.3, -0.25) is 4.79 Å². The number of hydrogen-bond acceptors (Lipinski definition) is 7. The maximum absolute atomic E-state index is 14.6. The highest BCUT2D eigenvalue weighted by atomic mass is 19.1. The van der Waals surface area contributed by atoms with Crippen molar-refractivity contribution in [1.82, 2.24) is 20.0 Å². The average Bonchev–Trinajstić information content (AvgIpc) is 3.27. The molecular weight excluding hydrogens is 387 g/mol. The molecule has 30 heavy (non-hydrogen) atoms. The van der Waals surface area contributed by atoms with Crippen molar-refractivity contribution >= 4 is 23.2 Å². The van der Waals surface area contributed by atoms with Gasteiger partial charge in [-0.2, -0.15) is 0 Å². The van der Waals surface area contributed by atoms with Gasteiger partial charge in [0.05, 0.1) is 23.6 Å². The SMILES string of the molecule is NC(=O)c1cc(F)c(NC2CCCCC2N)nc1Nc1cccc(-n2ccnn2)c1. The van der Waals surface area contributed by atoms with Crippen molar-refractivity contribution in [3.05, 3.63) is 54.1 Å². The molecule has 0 bridgehead atoms. The molecule has 9 nitrogen and oxygen atoms in total. The molecule has 0 saturated heterocycles. The van der Waals surface area contributed by atoms with Crippen molar-refractivity contribution < 1.29 is 9.18 Å². The van der Waals surface area contributed by atoms with Gasteiger partial charge >= 0.3 is 0 Å². The van der Waals surface area contributed by atoms with Crippen LogP contribution >= 0.6 is 0 Å². The Labute approximate surface area is 172 Å². The van der Waals surface area contributed by atoms with Gasteiger partial charge in [-0.15, -0.1) is 5.10 Å². The molecule has 0 aliphatic heterocycles. The van der Waals surface area contributed by atoms with Crippen LogP contribution in [-0.2, 0) is 0 Å². The summed E-state index contributed by atoms with van der Waals surface area (Å²) in [7, 11) is 0. The molecule has 6 N–H and O–H groups in total. The fourth-order valence-corrected chi connectivity index (χ4v) is 3.60. The Kier molecular flexibility index (Phi) is 5.57. The number of rotatable bonds is 6. The van der Waals surface area contributed by atoms with E-state index in [1.165, 1.54) is 0 Å². The number of primary amides is 1. The second-order valence-corrected chi connectivity index (χ2v) is 7.30. The Hall–Kier alpha value is -3.53. The number of pyridine rings is 1. The summed E-state index contributed by atoms with van der Waals surface area (Å²) >= 11 is 0. The largest absolute Gasteiger partial charge is 0.365 e. The van der Waals surface area contributed by atoms with Crippen LogP contribution in [0.2, 0.25) is 0 Å². The number of amides is 1. The summed E-state index contributed by atoms with van der Waals surface area (Å²) in [5.74, 6) is -1.23. The number of carbonyl (C=O) groups is 1. The number of nitrogens with two attached hydrogens (primary N) is 2. The van der Waals surface area contributed by atoms with Crippen LogP contribution in [0.5, 0.6) is 0 Å². The molecule has 4 rings (SSSR count). The summed E-state index contributed by atoms with van der Waals surface area (Å²) in [6.07, 6.45) is 7.07. The van der Waals surface area contributed by atoms with Crippen LogP contribution in [0.15, 0.2) is 42.7 Å². The Morgan fingerprint density at radius 3 is 2.77 bits per heavy atom. The van der Waals surface area contributed by atoms with E-state index in [9.17, 15) is 9.18 Å². The van der Waals surface area contributed by atoms with E-state index >= 15 is 0 Å². The molecule has 1 aromatic carbocycles. The first kappa shape index (κ1) is 19.8. The Morgan fingerprint density at radius 1 is 1.20 bits per heavy atom. The van der Waals surface area contributed by atoms with E-state index in [0.29, 0.717) is 5.69 Å². The van der Waals surface area contributed by atoms with Gasteiger partial charge in [0.25, 0.3) is 5.91 Å². The molecule has 0 radical (unpaired) electrons. The molecule has 1 amide bonds. The minimum atomic E-state index is -0.780. The summed E-state index contributed by atoms with van der Waals surface area (Å²) in [4.78, 5) is 16.2. The second-order valence-electron chi connectivity index (χ2n) is 7.30. The summed E-state index contributed by atoms with van der Waals surface area (Å²) in [6, 6.07) is 8.19. The average molecular weight is 410 g/mol. The standard InChI is InChI=1S/C20H23FN8O/c21-15-11-14(18(23)30)19(27-20(15)26-17-7-2-1-6-16(17)22)25-12-4-3-5-13(10-12)29-9-8-24-28-29/h3-5,8-11,16-17H,1-2,6-7,22H2,(H2,23,30)(H2,25,26,27). The van der Waals surface area contributed by atoms with Crippen LogP contribution in [0.1, 0.15) is 36.0 Å². The third kappa shape index (κ3) is 4.23. The van der Waals surface area contributed by atoms with Gasteiger partial charge in [0.15, 0.2) is 11.6 Å². The van der Waals surface area contributed by atoms with E-state index in [0.717, 1.165) is 37.4 Å². The predicted octanol–water partition coefficient (Wildman–Crippen LogP) is 2.33. The number of hydrogen-bond donors (Lipinski definition) is 4. The molecule has 3 aromatic rings. The van der Waals surface area contributed by atoms with Crippen molar-refractivity contribution in [2.24, 2.45) is 11.5 Å². The molecule has 2 unspecified atom stereocenters. The van der Waals surface area contributed by atoms with Crippen LogP contribution in [0.3, 0.4) is 0 Å². The molecule has 1 saturated carbocycles. The first-order valence-electron chi connectivity index (χ1n) is 9.77. The zero-order valence-corrected chi connectivity index (χ0v) is 16.3. The van der Waals surface area contributed by atoms with E-state index < -0.39 is 11.7 Å². The summed E-state index contributed by atoms with van der Waals surface area (Å²) in [5, 5.41) is 13.9. The number of anilines is 3. The summed E-state index contributed by atoms with van der Waals surface area (Å²) in [5.41, 5.74) is 13.0. The highest BCUT2D eigenvalue weighted by Gasteiger charge is 2.24. The molecule has 1 aliphatic carbocycles. The normalized spacial score (nSPS) is 18.7. The van der Waals surface area contributed by atoms with Gasteiger partial charge in [0.1, 0.15) is 5.82 Å². The monoisotopic (exact) mass is 410 g/mol. The van der Waals surface area contributed by atoms with E-state index in [2.05, 4.69) is 25.9 Å². The van der Waals surface area contributed by atoms with Crippen LogP contribution in [-0.4, -0.2) is 38.0 Å².